The molecule has 0 amide bonds. The largest absolute Gasteiger partial charge is 0.466 e. The summed E-state index contributed by atoms with van der Waals surface area (Å²) in [5, 5.41) is 0. The summed E-state index contributed by atoms with van der Waals surface area (Å²) in [6, 6.07) is 1.85. The Balaban J connectivity index is 2.68. The number of hydrogen-bond donors (Lipinski definition) is 0. The van der Waals surface area contributed by atoms with E-state index in [1.165, 1.54) is 13.2 Å². The predicted octanol–water partition coefficient (Wildman–Crippen LogP) is 2.94. The quantitative estimate of drug-likeness (QED) is 0.489. The van der Waals surface area contributed by atoms with Crippen molar-refractivity contribution in [3.05, 3.63) is 29.7 Å². The maximum Gasteiger partial charge on any atom is 0.184 e. The summed E-state index contributed by atoms with van der Waals surface area (Å²) in [5.74, 6) is 0.553. The fourth-order valence-corrected chi connectivity index (χ4v) is 1.69. The first-order chi connectivity index (χ1) is 10.5. The summed E-state index contributed by atoms with van der Waals surface area (Å²) in [7, 11) is 3.07. The van der Waals surface area contributed by atoms with Gasteiger partial charge in [-0.05, 0) is 38.5 Å². The lowest BCUT2D eigenvalue weighted by molar-refractivity contribution is -0.132. The second-order valence-electron chi connectivity index (χ2n) is 4.90. The van der Waals surface area contributed by atoms with E-state index in [0.717, 1.165) is 11.1 Å². The molecule has 0 spiro atoms. The minimum atomic E-state index is -0.551. The van der Waals surface area contributed by atoms with E-state index in [-0.39, 0.29) is 25.5 Å². The maximum atomic E-state index is 12.0. The normalized spacial score (nSPS) is 14.9. The van der Waals surface area contributed by atoms with E-state index in [0.29, 0.717) is 5.76 Å². The number of methoxy groups -OCH3 is 2. The lowest BCUT2D eigenvalue weighted by atomic mass is 10.1. The molecule has 0 radical (unpaired) electrons. The third kappa shape index (κ3) is 5.73. The molecule has 1 aromatic rings. The molecule has 0 fully saturated rings. The molecule has 0 aliphatic heterocycles. The zero-order valence-corrected chi connectivity index (χ0v) is 13.8. The van der Waals surface area contributed by atoms with Crippen LogP contribution >= 0.6 is 0 Å². The van der Waals surface area contributed by atoms with Crippen LogP contribution in [0.2, 0.25) is 0 Å². The summed E-state index contributed by atoms with van der Waals surface area (Å²) >= 11 is 0. The number of allylic oxidation sites excluding steroid dienone is 1. The Labute approximate surface area is 131 Å². The van der Waals surface area contributed by atoms with Crippen LogP contribution in [0.4, 0.5) is 0 Å². The van der Waals surface area contributed by atoms with Crippen molar-refractivity contribution >= 4 is 11.4 Å². The van der Waals surface area contributed by atoms with Crippen molar-refractivity contribution in [2.75, 3.05) is 27.8 Å². The van der Waals surface area contributed by atoms with Gasteiger partial charge in [-0.2, -0.15) is 0 Å². The van der Waals surface area contributed by atoms with Crippen LogP contribution in [-0.4, -0.2) is 39.7 Å². The average molecular weight is 312 g/mol. The van der Waals surface area contributed by atoms with Crippen LogP contribution < -0.4 is 0 Å². The predicted molar refractivity (Wildman–Crippen MR) is 81.2 cm³/mol. The van der Waals surface area contributed by atoms with Gasteiger partial charge in [-0.25, -0.2) is 0 Å². The number of carbonyl (C=O) groups excluding carboxylic acids is 1. The lowest BCUT2D eigenvalue weighted by Gasteiger charge is -2.09. The Hall–Kier alpha value is -1.47. The highest BCUT2D eigenvalue weighted by Crippen LogP contribution is 2.24. The van der Waals surface area contributed by atoms with Gasteiger partial charge in [-0.1, -0.05) is 0 Å². The highest BCUT2D eigenvalue weighted by atomic mass is 16.7. The molecule has 2 unspecified atom stereocenters. The van der Waals surface area contributed by atoms with Crippen molar-refractivity contribution in [2.45, 2.75) is 33.0 Å². The standard InChI is InChI=1S/C16H24O6/c1-11(6-15(17)12(2)21-9-18-4)14-7-16(20-8-14)13(3)22-10-19-5/h6-8,12-13H,9-10H2,1-5H3/b11-6+. The van der Waals surface area contributed by atoms with Crippen LogP contribution in [-0.2, 0) is 23.7 Å². The van der Waals surface area contributed by atoms with Gasteiger partial charge in [0.25, 0.3) is 0 Å². The number of carbonyl (C=O) groups is 1. The molecule has 1 rings (SSSR count). The van der Waals surface area contributed by atoms with Crippen molar-refractivity contribution < 1.29 is 28.2 Å². The van der Waals surface area contributed by atoms with Crippen molar-refractivity contribution in [1.29, 1.82) is 0 Å². The van der Waals surface area contributed by atoms with Crippen molar-refractivity contribution in [3.8, 4) is 0 Å². The number of rotatable bonds is 10. The van der Waals surface area contributed by atoms with Gasteiger partial charge in [-0.3, -0.25) is 4.79 Å². The first-order valence-electron chi connectivity index (χ1n) is 7.01. The molecular formula is C16H24O6. The van der Waals surface area contributed by atoms with Crippen LogP contribution in [0.5, 0.6) is 0 Å². The number of furan rings is 1. The smallest absolute Gasteiger partial charge is 0.184 e. The first-order valence-corrected chi connectivity index (χ1v) is 7.01. The molecule has 0 N–H and O–H groups in total. The van der Waals surface area contributed by atoms with Crippen LogP contribution in [0.3, 0.4) is 0 Å². The molecule has 0 bridgehead atoms. The molecule has 0 aromatic carbocycles. The van der Waals surface area contributed by atoms with E-state index in [9.17, 15) is 4.79 Å². The third-order valence-corrected chi connectivity index (χ3v) is 3.11. The second kappa shape index (κ2) is 9.53. The van der Waals surface area contributed by atoms with Gasteiger partial charge in [0, 0.05) is 19.8 Å². The average Bonchev–Trinajstić information content (AvgIpc) is 3.00. The summed E-state index contributed by atoms with van der Waals surface area (Å²) in [5.41, 5.74) is 1.63. The molecule has 2 atom stereocenters. The van der Waals surface area contributed by atoms with Crippen molar-refractivity contribution in [2.24, 2.45) is 0 Å². The van der Waals surface area contributed by atoms with E-state index >= 15 is 0 Å². The minimum Gasteiger partial charge on any atom is -0.466 e. The monoisotopic (exact) mass is 312 g/mol. The van der Waals surface area contributed by atoms with Gasteiger partial charge in [0.2, 0.25) is 0 Å². The maximum absolute atomic E-state index is 12.0. The SMILES string of the molecule is COCOC(C)C(=O)/C=C(\C)c1coc(C(C)OCOC)c1. The summed E-state index contributed by atoms with van der Waals surface area (Å²) < 4.78 is 25.7. The first kappa shape index (κ1) is 18.6. The Bertz CT molecular complexity index is 491. The van der Waals surface area contributed by atoms with Crippen LogP contribution in [0.1, 0.15) is 38.2 Å². The van der Waals surface area contributed by atoms with E-state index < -0.39 is 6.10 Å². The molecular weight excluding hydrogens is 288 g/mol. The Morgan fingerprint density at radius 1 is 1.23 bits per heavy atom. The summed E-state index contributed by atoms with van der Waals surface area (Å²) in [6.07, 6.45) is 2.36. The number of ketones is 1. The molecule has 0 aliphatic rings. The molecule has 1 aromatic heterocycles. The molecule has 1 heterocycles. The fourth-order valence-electron chi connectivity index (χ4n) is 1.69. The van der Waals surface area contributed by atoms with Gasteiger partial charge in [0.05, 0.1) is 6.26 Å². The molecule has 0 saturated heterocycles. The van der Waals surface area contributed by atoms with Crippen LogP contribution in [0, 0.1) is 0 Å². The van der Waals surface area contributed by atoms with Crippen LogP contribution in [0.25, 0.3) is 5.57 Å². The number of hydrogen-bond acceptors (Lipinski definition) is 6. The van der Waals surface area contributed by atoms with Crippen LogP contribution in [0.15, 0.2) is 22.8 Å². The Kier molecular flexibility index (Phi) is 8.05. The third-order valence-electron chi connectivity index (χ3n) is 3.11. The van der Waals surface area contributed by atoms with Gasteiger partial charge in [0.1, 0.15) is 31.6 Å². The van der Waals surface area contributed by atoms with E-state index in [4.69, 9.17) is 23.4 Å². The zero-order chi connectivity index (χ0) is 16.5. The van der Waals surface area contributed by atoms with Gasteiger partial charge in [0.15, 0.2) is 5.78 Å². The topological polar surface area (TPSA) is 67.1 Å². The lowest BCUT2D eigenvalue weighted by Crippen LogP contribution is -2.20. The minimum absolute atomic E-state index is 0.0873. The van der Waals surface area contributed by atoms with Gasteiger partial charge < -0.3 is 23.4 Å². The molecule has 6 nitrogen and oxygen atoms in total. The highest BCUT2D eigenvalue weighted by molar-refractivity contribution is 5.99. The van der Waals surface area contributed by atoms with E-state index in [1.807, 2.05) is 19.9 Å². The summed E-state index contributed by atoms with van der Waals surface area (Å²) in [4.78, 5) is 12.0. The summed E-state index contributed by atoms with van der Waals surface area (Å²) in [6.45, 7) is 5.68. The zero-order valence-electron chi connectivity index (χ0n) is 13.8. The molecule has 22 heavy (non-hydrogen) atoms. The van der Waals surface area contributed by atoms with Crippen molar-refractivity contribution in [3.63, 3.8) is 0 Å². The van der Waals surface area contributed by atoms with Gasteiger partial charge >= 0.3 is 0 Å². The Morgan fingerprint density at radius 3 is 2.50 bits per heavy atom. The fraction of sp³-hybridized carbons (Fsp3) is 0.562. The van der Waals surface area contributed by atoms with E-state index in [1.54, 1.807) is 20.3 Å². The van der Waals surface area contributed by atoms with Gasteiger partial charge in [-0.15, -0.1) is 0 Å². The molecule has 0 aliphatic carbocycles. The molecule has 0 saturated carbocycles. The highest BCUT2D eigenvalue weighted by Gasteiger charge is 2.14. The van der Waals surface area contributed by atoms with Crippen molar-refractivity contribution in [1.82, 2.24) is 0 Å². The molecule has 6 heteroatoms. The molecule has 124 valence electrons. The second-order valence-corrected chi connectivity index (χ2v) is 4.90. The Morgan fingerprint density at radius 2 is 1.86 bits per heavy atom. The van der Waals surface area contributed by atoms with E-state index in [2.05, 4.69) is 0 Å². The number of ether oxygens (including phenoxy) is 4.